The third-order valence-corrected chi connectivity index (χ3v) is 5.21. The molecule has 1 aromatic rings. The molecule has 25 heavy (non-hydrogen) atoms. The van der Waals surface area contributed by atoms with E-state index in [1.807, 2.05) is 11.9 Å². The summed E-state index contributed by atoms with van der Waals surface area (Å²) in [6.07, 6.45) is 6.86. The van der Waals surface area contributed by atoms with Gasteiger partial charge in [-0.1, -0.05) is 24.4 Å². The SMILES string of the molecule is CN(CC(=O)Nc1ccc(Cl)cn1)C[C@@H]1CC(=O)N(C2CCCC2)C1. The van der Waals surface area contributed by atoms with Crippen molar-refractivity contribution in [1.82, 2.24) is 14.8 Å². The summed E-state index contributed by atoms with van der Waals surface area (Å²) >= 11 is 5.78. The van der Waals surface area contributed by atoms with Gasteiger partial charge in [0.1, 0.15) is 5.82 Å². The predicted octanol–water partition coefficient (Wildman–Crippen LogP) is 2.40. The number of anilines is 1. The molecule has 2 aliphatic rings. The Balaban J connectivity index is 1.44. The fraction of sp³-hybridized carbons (Fsp3) is 0.611. The first-order valence-corrected chi connectivity index (χ1v) is 9.28. The molecular formula is C18H25ClN4O2. The van der Waals surface area contributed by atoms with Crippen LogP contribution in [0.1, 0.15) is 32.1 Å². The second kappa shape index (κ2) is 8.15. The van der Waals surface area contributed by atoms with E-state index in [1.165, 1.54) is 19.0 Å². The summed E-state index contributed by atoms with van der Waals surface area (Å²) in [7, 11) is 1.91. The summed E-state index contributed by atoms with van der Waals surface area (Å²) in [5.74, 6) is 0.959. The van der Waals surface area contributed by atoms with Crippen LogP contribution < -0.4 is 5.32 Å². The molecular weight excluding hydrogens is 340 g/mol. The van der Waals surface area contributed by atoms with E-state index < -0.39 is 0 Å². The molecule has 0 bridgehead atoms. The van der Waals surface area contributed by atoms with Gasteiger partial charge in [0.25, 0.3) is 0 Å². The van der Waals surface area contributed by atoms with Crippen molar-refractivity contribution in [3.8, 4) is 0 Å². The lowest BCUT2D eigenvalue weighted by molar-refractivity contribution is -0.129. The largest absolute Gasteiger partial charge is 0.339 e. The van der Waals surface area contributed by atoms with Crippen LogP contribution in [0.4, 0.5) is 5.82 Å². The average Bonchev–Trinajstić information content (AvgIpc) is 3.19. The molecule has 1 aliphatic carbocycles. The minimum Gasteiger partial charge on any atom is -0.339 e. The van der Waals surface area contributed by atoms with Gasteiger partial charge in [-0.05, 0) is 37.9 Å². The van der Waals surface area contributed by atoms with Crippen molar-refractivity contribution in [3.05, 3.63) is 23.4 Å². The lowest BCUT2D eigenvalue weighted by atomic mass is 10.1. The first-order valence-electron chi connectivity index (χ1n) is 8.90. The summed E-state index contributed by atoms with van der Waals surface area (Å²) in [4.78, 5) is 32.5. The highest BCUT2D eigenvalue weighted by atomic mass is 35.5. The summed E-state index contributed by atoms with van der Waals surface area (Å²) in [5.41, 5.74) is 0. The number of hydrogen-bond acceptors (Lipinski definition) is 4. The van der Waals surface area contributed by atoms with Crippen LogP contribution in [-0.4, -0.2) is 59.3 Å². The van der Waals surface area contributed by atoms with Crippen molar-refractivity contribution in [1.29, 1.82) is 0 Å². The molecule has 0 spiro atoms. The molecule has 6 nitrogen and oxygen atoms in total. The van der Waals surface area contributed by atoms with Crippen molar-refractivity contribution >= 4 is 29.2 Å². The van der Waals surface area contributed by atoms with Gasteiger partial charge in [-0.2, -0.15) is 0 Å². The second-order valence-electron chi connectivity index (χ2n) is 7.16. The van der Waals surface area contributed by atoms with Crippen LogP contribution in [0, 0.1) is 5.92 Å². The standard InChI is InChI=1S/C18H25ClN4O2/c1-22(12-17(24)21-16-7-6-14(19)9-20-16)10-13-8-18(25)23(11-13)15-4-2-3-5-15/h6-7,9,13,15H,2-5,8,10-12H2,1H3,(H,20,21,24)/t13-/m0/s1. The van der Waals surface area contributed by atoms with Crippen LogP contribution in [-0.2, 0) is 9.59 Å². The zero-order chi connectivity index (χ0) is 17.8. The number of rotatable bonds is 6. The van der Waals surface area contributed by atoms with Crippen LogP contribution in [0.2, 0.25) is 5.02 Å². The summed E-state index contributed by atoms with van der Waals surface area (Å²) in [6.45, 7) is 1.85. The molecule has 0 unspecified atom stereocenters. The van der Waals surface area contributed by atoms with Gasteiger partial charge in [0, 0.05) is 31.7 Å². The number of carbonyl (C=O) groups is 2. The molecule has 1 saturated carbocycles. The molecule has 7 heteroatoms. The summed E-state index contributed by atoms with van der Waals surface area (Å²) < 4.78 is 0. The molecule has 2 heterocycles. The molecule has 1 atom stereocenters. The third kappa shape index (κ3) is 4.92. The number of halogens is 1. The van der Waals surface area contributed by atoms with Gasteiger partial charge in [0.15, 0.2) is 0 Å². The van der Waals surface area contributed by atoms with Gasteiger partial charge in [0.2, 0.25) is 11.8 Å². The van der Waals surface area contributed by atoms with Crippen LogP contribution in [0.25, 0.3) is 0 Å². The number of carbonyl (C=O) groups excluding carboxylic acids is 2. The van der Waals surface area contributed by atoms with Crippen LogP contribution >= 0.6 is 11.6 Å². The maximum Gasteiger partial charge on any atom is 0.239 e. The molecule has 1 saturated heterocycles. The molecule has 2 fully saturated rings. The minimum atomic E-state index is -0.116. The number of likely N-dealkylation sites (N-methyl/N-ethyl adjacent to an activating group) is 1. The number of pyridine rings is 1. The van der Waals surface area contributed by atoms with E-state index in [9.17, 15) is 9.59 Å². The topological polar surface area (TPSA) is 65.5 Å². The van der Waals surface area contributed by atoms with Crippen molar-refractivity contribution < 1.29 is 9.59 Å². The smallest absolute Gasteiger partial charge is 0.239 e. The average molecular weight is 365 g/mol. The van der Waals surface area contributed by atoms with Gasteiger partial charge in [-0.15, -0.1) is 0 Å². The minimum absolute atomic E-state index is 0.116. The Hall–Kier alpha value is -1.66. The fourth-order valence-electron chi connectivity index (χ4n) is 3.88. The molecule has 0 radical (unpaired) electrons. The molecule has 3 rings (SSSR count). The van der Waals surface area contributed by atoms with E-state index in [-0.39, 0.29) is 18.4 Å². The number of likely N-dealkylation sites (tertiary alicyclic amines) is 1. The Bertz CT molecular complexity index is 616. The van der Waals surface area contributed by atoms with E-state index in [2.05, 4.69) is 15.2 Å². The van der Waals surface area contributed by atoms with E-state index in [1.54, 1.807) is 12.1 Å². The number of nitrogens with zero attached hydrogens (tertiary/aromatic N) is 3. The van der Waals surface area contributed by atoms with E-state index >= 15 is 0 Å². The maximum atomic E-state index is 12.3. The lowest BCUT2D eigenvalue weighted by Crippen LogP contribution is -2.37. The first kappa shape index (κ1) is 18.1. The highest BCUT2D eigenvalue weighted by molar-refractivity contribution is 6.30. The lowest BCUT2D eigenvalue weighted by Gasteiger charge is -2.25. The highest BCUT2D eigenvalue weighted by Crippen LogP contribution is 2.29. The number of amides is 2. The van der Waals surface area contributed by atoms with Crippen molar-refractivity contribution in [2.24, 2.45) is 5.92 Å². The zero-order valence-corrected chi connectivity index (χ0v) is 15.3. The Morgan fingerprint density at radius 3 is 2.84 bits per heavy atom. The van der Waals surface area contributed by atoms with Gasteiger partial charge in [-0.3, -0.25) is 14.5 Å². The van der Waals surface area contributed by atoms with E-state index in [4.69, 9.17) is 11.6 Å². The van der Waals surface area contributed by atoms with E-state index in [0.717, 1.165) is 25.9 Å². The Kier molecular flexibility index (Phi) is 5.91. The quantitative estimate of drug-likeness (QED) is 0.841. The zero-order valence-electron chi connectivity index (χ0n) is 14.6. The predicted molar refractivity (Wildman–Crippen MR) is 97.4 cm³/mol. The fourth-order valence-corrected chi connectivity index (χ4v) is 3.99. The first-order chi connectivity index (χ1) is 12.0. The molecule has 136 valence electrons. The second-order valence-corrected chi connectivity index (χ2v) is 7.60. The maximum absolute atomic E-state index is 12.3. The van der Waals surface area contributed by atoms with Crippen molar-refractivity contribution in [3.63, 3.8) is 0 Å². The molecule has 1 aliphatic heterocycles. The third-order valence-electron chi connectivity index (χ3n) is 4.98. The molecule has 1 aromatic heterocycles. The number of hydrogen-bond donors (Lipinski definition) is 1. The Labute approximate surface area is 153 Å². The molecule has 2 amide bonds. The van der Waals surface area contributed by atoms with Crippen molar-refractivity contribution in [2.45, 2.75) is 38.1 Å². The van der Waals surface area contributed by atoms with Crippen LogP contribution in [0.15, 0.2) is 18.3 Å². The highest BCUT2D eigenvalue weighted by Gasteiger charge is 2.35. The summed E-state index contributed by atoms with van der Waals surface area (Å²) in [6, 6.07) is 3.81. The molecule has 0 aromatic carbocycles. The Morgan fingerprint density at radius 1 is 1.40 bits per heavy atom. The normalized spacial score (nSPS) is 21.3. The van der Waals surface area contributed by atoms with Gasteiger partial charge >= 0.3 is 0 Å². The number of aromatic nitrogens is 1. The Morgan fingerprint density at radius 2 is 2.16 bits per heavy atom. The van der Waals surface area contributed by atoms with Gasteiger partial charge < -0.3 is 10.2 Å². The van der Waals surface area contributed by atoms with Gasteiger partial charge in [-0.25, -0.2) is 4.98 Å². The molecule has 1 N–H and O–H groups in total. The van der Waals surface area contributed by atoms with E-state index in [0.29, 0.717) is 29.2 Å². The monoisotopic (exact) mass is 364 g/mol. The number of nitrogens with one attached hydrogen (secondary N) is 1. The van der Waals surface area contributed by atoms with Crippen LogP contribution in [0.5, 0.6) is 0 Å². The van der Waals surface area contributed by atoms with Crippen molar-refractivity contribution in [2.75, 3.05) is 32.0 Å². The van der Waals surface area contributed by atoms with Crippen LogP contribution in [0.3, 0.4) is 0 Å². The van der Waals surface area contributed by atoms with Gasteiger partial charge in [0.05, 0.1) is 11.6 Å². The summed E-state index contributed by atoms with van der Waals surface area (Å²) in [5, 5.41) is 3.29.